The summed E-state index contributed by atoms with van der Waals surface area (Å²) >= 11 is 0. The summed E-state index contributed by atoms with van der Waals surface area (Å²) in [7, 11) is 1.77. The Labute approximate surface area is 174 Å². The van der Waals surface area contributed by atoms with Gasteiger partial charge in [-0.2, -0.15) is 0 Å². The van der Waals surface area contributed by atoms with Crippen molar-refractivity contribution in [1.29, 1.82) is 0 Å². The highest BCUT2D eigenvalue weighted by atomic mass is 16.5. The Balaban J connectivity index is 2.15. The van der Waals surface area contributed by atoms with Crippen molar-refractivity contribution >= 4 is 11.0 Å². The Morgan fingerprint density at radius 1 is 1.14 bits per heavy atom. The molecule has 0 saturated heterocycles. The monoisotopic (exact) mass is 394 g/mol. The van der Waals surface area contributed by atoms with E-state index in [0.29, 0.717) is 25.1 Å². The lowest BCUT2D eigenvalue weighted by atomic mass is 10.0. The molecule has 3 heterocycles. The SMILES string of the molecule is CCC[C@H](COC)n1cc(C)c2nc(-c3ccc(C(C)C)nc3CN)c(C)cc21. The molecule has 5 nitrogen and oxygen atoms in total. The van der Waals surface area contributed by atoms with Crippen LogP contribution < -0.4 is 5.73 Å². The smallest absolute Gasteiger partial charge is 0.0917 e. The fraction of sp³-hybridized carbons (Fsp3) is 0.500. The molecule has 0 aliphatic rings. The molecule has 0 spiro atoms. The van der Waals surface area contributed by atoms with Gasteiger partial charge in [-0.15, -0.1) is 0 Å². The first-order chi connectivity index (χ1) is 13.9. The number of hydrogen-bond donors (Lipinski definition) is 1. The van der Waals surface area contributed by atoms with Crippen LogP contribution in [0.25, 0.3) is 22.3 Å². The van der Waals surface area contributed by atoms with Crippen molar-refractivity contribution in [2.45, 2.75) is 66.0 Å². The molecule has 0 fully saturated rings. The molecule has 5 heteroatoms. The van der Waals surface area contributed by atoms with Crippen LogP contribution in [0.3, 0.4) is 0 Å². The van der Waals surface area contributed by atoms with E-state index in [0.717, 1.165) is 46.6 Å². The number of rotatable bonds is 8. The molecule has 3 aromatic rings. The molecule has 156 valence electrons. The number of ether oxygens (including phenoxy) is 1. The van der Waals surface area contributed by atoms with Crippen LogP contribution in [0.2, 0.25) is 0 Å². The van der Waals surface area contributed by atoms with Gasteiger partial charge in [0, 0.05) is 31.1 Å². The molecule has 1 atom stereocenters. The van der Waals surface area contributed by atoms with Crippen LogP contribution >= 0.6 is 0 Å². The van der Waals surface area contributed by atoms with Crippen molar-refractivity contribution in [3.8, 4) is 11.3 Å². The van der Waals surface area contributed by atoms with E-state index < -0.39 is 0 Å². The molecular formula is C24H34N4O. The van der Waals surface area contributed by atoms with E-state index in [4.69, 9.17) is 20.4 Å². The maximum Gasteiger partial charge on any atom is 0.0917 e. The number of aryl methyl sites for hydroxylation is 2. The zero-order valence-electron chi connectivity index (χ0n) is 18.6. The van der Waals surface area contributed by atoms with E-state index in [2.05, 4.69) is 63.6 Å². The minimum Gasteiger partial charge on any atom is -0.383 e. The minimum absolute atomic E-state index is 0.319. The van der Waals surface area contributed by atoms with Gasteiger partial charge < -0.3 is 15.0 Å². The Morgan fingerprint density at radius 2 is 1.90 bits per heavy atom. The van der Waals surface area contributed by atoms with Crippen molar-refractivity contribution in [2.24, 2.45) is 5.73 Å². The molecular weight excluding hydrogens is 360 g/mol. The topological polar surface area (TPSA) is 66.0 Å². The quantitative estimate of drug-likeness (QED) is 0.564. The number of nitrogens with two attached hydrogens (primary N) is 1. The van der Waals surface area contributed by atoms with Gasteiger partial charge in [0.25, 0.3) is 0 Å². The third-order valence-electron chi connectivity index (χ3n) is 5.59. The van der Waals surface area contributed by atoms with E-state index in [1.54, 1.807) is 7.11 Å². The first kappa shape index (κ1) is 21.5. The highest BCUT2D eigenvalue weighted by molar-refractivity contribution is 5.84. The standard InChI is InChI=1S/C24H34N4O/c1-7-8-18(14-29-6)28-13-17(5)24-22(28)11-16(4)23(27-24)19-9-10-20(15(2)3)26-21(19)12-25/h9-11,13,15,18H,7-8,12,14,25H2,1-6H3/t18-/m1/s1. The Kier molecular flexibility index (Phi) is 6.70. The van der Waals surface area contributed by atoms with Gasteiger partial charge in [0.2, 0.25) is 0 Å². The van der Waals surface area contributed by atoms with Gasteiger partial charge in [-0.3, -0.25) is 4.98 Å². The lowest BCUT2D eigenvalue weighted by Crippen LogP contribution is -2.14. The summed E-state index contributed by atoms with van der Waals surface area (Å²) < 4.78 is 7.83. The second-order valence-electron chi connectivity index (χ2n) is 8.23. The summed E-state index contributed by atoms with van der Waals surface area (Å²) in [6.45, 7) is 11.9. The van der Waals surface area contributed by atoms with E-state index in [1.807, 2.05) is 0 Å². The van der Waals surface area contributed by atoms with Crippen LogP contribution in [-0.2, 0) is 11.3 Å². The normalized spacial score (nSPS) is 12.8. The first-order valence-electron chi connectivity index (χ1n) is 10.6. The first-order valence-corrected chi connectivity index (χ1v) is 10.6. The van der Waals surface area contributed by atoms with E-state index >= 15 is 0 Å². The second kappa shape index (κ2) is 9.06. The number of nitrogens with zero attached hydrogens (tertiary/aromatic N) is 3. The number of pyridine rings is 2. The summed E-state index contributed by atoms with van der Waals surface area (Å²) in [5, 5.41) is 0. The lowest BCUT2D eigenvalue weighted by molar-refractivity contribution is 0.152. The van der Waals surface area contributed by atoms with Crippen LogP contribution in [-0.4, -0.2) is 28.3 Å². The van der Waals surface area contributed by atoms with Crippen LogP contribution in [0.5, 0.6) is 0 Å². The molecule has 3 rings (SSSR count). The molecule has 0 aliphatic heterocycles. The Bertz CT molecular complexity index is 984. The van der Waals surface area contributed by atoms with Crippen molar-refractivity contribution in [2.75, 3.05) is 13.7 Å². The molecule has 0 radical (unpaired) electrons. The summed E-state index contributed by atoms with van der Waals surface area (Å²) in [4.78, 5) is 9.90. The maximum absolute atomic E-state index is 6.05. The lowest BCUT2D eigenvalue weighted by Gasteiger charge is -2.19. The van der Waals surface area contributed by atoms with Crippen molar-refractivity contribution in [1.82, 2.24) is 14.5 Å². The van der Waals surface area contributed by atoms with E-state index in [9.17, 15) is 0 Å². The van der Waals surface area contributed by atoms with Crippen molar-refractivity contribution in [3.63, 3.8) is 0 Å². The van der Waals surface area contributed by atoms with Crippen molar-refractivity contribution in [3.05, 3.63) is 46.9 Å². The molecule has 0 unspecified atom stereocenters. The number of fused-ring (bicyclic) bond motifs is 1. The summed E-state index contributed by atoms with van der Waals surface area (Å²) in [6, 6.07) is 6.79. The molecule has 3 aromatic heterocycles. The van der Waals surface area contributed by atoms with Crippen LogP contribution in [0.15, 0.2) is 24.4 Å². The summed E-state index contributed by atoms with van der Waals surface area (Å²) in [6.07, 6.45) is 4.41. The second-order valence-corrected chi connectivity index (χ2v) is 8.23. The number of aromatic nitrogens is 3. The predicted octanol–water partition coefficient (Wildman–Crippen LogP) is 5.28. The third kappa shape index (κ3) is 4.21. The van der Waals surface area contributed by atoms with Crippen LogP contribution in [0.1, 0.15) is 68.1 Å². The summed E-state index contributed by atoms with van der Waals surface area (Å²) in [5.41, 5.74) is 14.6. The molecule has 0 bridgehead atoms. The third-order valence-corrected chi connectivity index (χ3v) is 5.59. The summed E-state index contributed by atoms with van der Waals surface area (Å²) in [5.74, 6) is 0.374. The Morgan fingerprint density at radius 3 is 2.52 bits per heavy atom. The molecule has 29 heavy (non-hydrogen) atoms. The average molecular weight is 395 g/mol. The van der Waals surface area contributed by atoms with Gasteiger partial charge in [0.05, 0.1) is 35.1 Å². The Hall–Kier alpha value is -2.24. The number of methoxy groups -OCH3 is 1. The molecule has 0 aliphatic carbocycles. The molecule has 0 saturated carbocycles. The zero-order valence-corrected chi connectivity index (χ0v) is 18.6. The highest BCUT2D eigenvalue weighted by Gasteiger charge is 2.19. The largest absolute Gasteiger partial charge is 0.383 e. The number of hydrogen-bond acceptors (Lipinski definition) is 4. The molecule has 0 amide bonds. The van der Waals surface area contributed by atoms with Gasteiger partial charge in [0.15, 0.2) is 0 Å². The molecule has 2 N–H and O–H groups in total. The fourth-order valence-corrected chi connectivity index (χ4v) is 4.04. The van der Waals surface area contributed by atoms with Crippen LogP contribution in [0.4, 0.5) is 0 Å². The van der Waals surface area contributed by atoms with Crippen molar-refractivity contribution < 1.29 is 4.74 Å². The van der Waals surface area contributed by atoms with Gasteiger partial charge in [-0.1, -0.05) is 27.2 Å². The van der Waals surface area contributed by atoms with Gasteiger partial charge in [-0.25, -0.2) is 4.98 Å². The minimum atomic E-state index is 0.319. The predicted molar refractivity (Wildman–Crippen MR) is 120 cm³/mol. The molecule has 0 aromatic carbocycles. The van der Waals surface area contributed by atoms with E-state index in [1.165, 1.54) is 11.1 Å². The van der Waals surface area contributed by atoms with Gasteiger partial charge in [0.1, 0.15) is 0 Å². The van der Waals surface area contributed by atoms with E-state index in [-0.39, 0.29) is 0 Å². The maximum atomic E-state index is 6.05. The zero-order chi connectivity index (χ0) is 21.1. The van der Waals surface area contributed by atoms with Crippen LogP contribution in [0, 0.1) is 13.8 Å². The fourth-order valence-electron chi connectivity index (χ4n) is 4.04. The van der Waals surface area contributed by atoms with Gasteiger partial charge in [-0.05, 0) is 55.5 Å². The highest BCUT2D eigenvalue weighted by Crippen LogP contribution is 2.32. The van der Waals surface area contributed by atoms with Gasteiger partial charge >= 0.3 is 0 Å². The average Bonchev–Trinajstić information content (AvgIpc) is 3.02.